The fourth-order valence-corrected chi connectivity index (χ4v) is 3.44. The van der Waals surface area contributed by atoms with Gasteiger partial charge in [0.15, 0.2) is 0 Å². The summed E-state index contributed by atoms with van der Waals surface area (Å²) in [7, 11) is 0. The van der Waals surface area contributed by atoms with Gasteiger partial charge < -0.3 is 10.6 Å². The Morgan fingerprint density at radius 1 is 1.15 bits per heavy atom. The minimum Gasteiger partial charge on any atom is -0.336 e. The molecule has 1 atom stereocenters. The van der Waals surface area contributed by atoms with Gasteiger partial charge in [0.05, 0.1) is 11.7 Å². The van der Waals surface area contributed by atoms with E-state index in [1.807, 2.05) is 24.3 Å². The summed E-state index contributed by atoms with van der Waals surface area (Å²) < 4.78 is 26.6. The molecular weight excluding hydrogens is 360 g/mol. The predicted molar refractivity (Wildman–Crippen MR) is 98.4 cm³/mol. The molecule has 1 fully saturated rings. The molecule has 1 heterocycles. The molecule has 26 heavy (non-hydrogen) atoms. The van der Waals surface area contributed by atoms with Gasteiger partial charge in [-0.15, -0.1) is 0 Å². The second kappa shape index (κ2) is 8.47. The molecule has 0 bridgehead atoms. The summed E-state index contributed by atoms with van der Waals surface area (Å²) in [5, 5.41) is 5.82. The van der Waals surface area contributed by atoms with E-state index in [9.17, 15) is 13.6 Å². The lowest BCUT2D eigenvalue weighted by molar-refractivity contribution is 0.227. The second-order valence-corrected chi connectivity index (χ2v) is 6.65. The van der Waals surface area contributed by atoms with Crippen molar-refractivity contribution in [2.24, 2.45) is 0 Å². The first-order valence-corrected chi connectivity index (χ1v) is 8.91. The van der Waals surface area contributed by atoms with Crippen molar-refractivity contribution in [2.75, 3.05) is 25.0 Å². The number of carbonyl (C=O) groups excluding carboxylic acids is 1. The Kier molecular flexibility index (Phi) is 6.06. The number of rotatable bonds is 5. The molecule has 0 radical (unpaired) electrons. The highest BCUT2D eigenvalue weighted by Crippen LogP contribution is 2.29. The number of urea groups is 1. The summed E-state index contributed by atoms with van der Waals surface area (Å²) in [6, 6.07) is 9.96. The largest absolute Gasteiger partial charge is 0.336 e. The topological polar surface area (TPSA) is 44.4 Å². The van der Waals surface area contributed by atoms with Gasteiger partial charge in [0.2, 0.25) is 0 Å². The lowest BCUT2D eigenvalue weighted by atomic mass is 10.1. The van der Waals surface area contributed by atoms with Crippen molar-refractivity contribution in [3.05, 3.63) is 64.7 Å². The highest BCUT2D eigenvalue weighted by Gasteiger charge is 2.25. The van der Waals surface area contributed by atoms with Crippen LogP contribution in [-0.2, 0) is 0 Å². The van der Waals surface area contributed by atoms with E-state index in [2.05, 4.69) is 15.5 Å². The zero-order valence-corrected chi connectivity index (χ0v) is 14.9. The predicted octanol–water partition coefficient (Wildman–Crippen LogP) is 4.58. The number of carbonyl (C=O) groups is 1. The van der Waals surface area contributed by atoms with E-state index in [0.717, 1.165) is 43.6 Å². The number of anilines is 1. The molecule has 138 valence electrons. The van der Waals surface area contributed by atoms with Crippen molar-refractivity contribution in [1.82, 2.24) is 10.2 Å². The maximum Gasteiger partial charge on any atom is 0.319 e. The number of hydrogen-bond acceptors (Lipinski definition) is 2. The van der Waals surface area contributed by atoms with Crippen LogP contribution in [0.3, 0.4) is 0 Å². The van der Waals surface area contributed by atoms with E-state index in [1.165, 1.54) is 6.07 Å². The van der Waals surface area contributed by atoms with Crippen LogP contribution in [0.4, 0.5) is 19.3 Å². The van der Waals surface area contributed by atoms with Crippen LogP contribution in [0.15, 0.2) is 42.5 Å². The lowest BCUT2D eigenvalue weighted by Gasteiger charge is -2.29. The quantitative estimate of drug-likeness (QED) is 0.798. The SMILES string of the molecule is O=C(NCC(c1ccccc1Cl)N1CCCC1)Nc1ccc(F)cc1F. The van der Waals surface area contributed by atoms with Crippen LogP contribution < -0.4 is 10.6 Å². The van der Waals surface area contributed by atoms with Crippen molar-refractivity contribution < 1.29 is 13.6 Å². The number of nitrogens with zero attached hydrogens (tertiary/aromatic N) is 1. The molecule has 0 saturated carbocycles. The first-order valence-electron chi connectivity index (χ1n) is 8.53. The monoisotopic (exact) mass is 379 g/mol. The lowest BCUT2D eigenvalue weighted by Crippen LogP contribution is -2.38. The van der Waals surface area contributed by atoms with Gasteiger partial charge in [0.25, 0.3) is 0 Å². The van der Waals surface area contributed by atoms with Crippen LogP contribution in [0, 0.1) is 11.6 Å². The highest BCUT2D eigenvalue weighted by atomic mass is 35.5. The number of likely N-dealkylation sites (tertiary alicyclic amines) is 1. The average molecular weight is 380 g/mol. The summed E-state index contributed by atoms with van der Waals surface area (Å²) in [5.41, 5.74) is 0.878. The van der Waals surface area contributed by atoms with Gasteiger partial charge in [0, 0.05) is 17.6 Å². The van der Waals surface area contributed by atoms with Crippen LogP contribution in [0.25, 0.3) is 0 Å². The number of hydrogen-bond donors (Lipinski definition) is 2. The maximum absolute atomic E-state index is 13.7. The molecular formula is C19H20ClF2N3O. The number of halogens is 3. The van der Waals surface area contributed by atoms with E-state index >= 15 is 0 Å². The van der Waals surface area contributed by atoms with Crippen LogP contribution >= 0.6 is 11.6 Å². The third-order valence-corrected chi connectivity index (χ3v) is 4.83. The van der Waals surface area contributed by atoms with Gasteiger partial charge in [-0.05, 0) is 49.7 Å². The Labute approximate surface area is 156 Å². The molecule has 3 rings (SSSR count). The number of benzene rings is 2. The molecule has 2 aromatic carbocycles. The van der Waals surface area contributed by atoms with Crippen LogP contribution in [-0.4, -0.2) is 30.6 Å². The van der Waals surface area contributed by atoms with E-state index in [0.29, 0.717) is 11.6 Å². The van der Waals surface area contributed by atoms with E-state index < -0.39 is 17.7 Å². The summed E-state index contributed by atoms with van der Waals surface area (Å²) in [4.78, 5) is 14.4. The maximum atomic E-state index is 13.7. The minimum absolute atomic E-state index is 0.0602. The van der Waals surface area contributed by atoms with Gasteiger partial charge in [-0.25, -0.2) is 13.6 Å². The normalized spacial score (nSPS) is 15.7. The molecule has 0 aliphatic carbocycles. The fraction of sp³-hybridized carbons (Fsp3) is 0.316. The molecule has 1 saturated heterocycles. The zero-order chi connectivity index (χ0) is 18.5. The summed E-state index contributed by atoms with van der Waals surface area (Å²) >= 11 is 6.34. The number of amides is 2. The van der Waals surface area contributed by atoms with Gasteiger partial charge in [-0.3, -0.25) is 4.90 Å². The van der Waals surface area contributed by atoms with E-state index in [1.54, 1.807) is 0 Å². The smallest absolute Gasteiger partial charge is 0.319 e. The molecule has 4 nitrogen and oxygen atoms in total. The average Bonchev–Trinajstić information content (AvgIpc) is 3.13. The Balaban J connectivity index is 1.67. The standard InChI is InChI=1S/C19H20ClF2N3O/c20-15-6-2-1-5-14(15)18(25-9-3-4-10-25)12-23-19(26)24-17-8-7-13(21)11-16(17)22/h1-2,5-8,11,18H,3-4,9-10,12H2,(H2,23,24,26). The Hall–Kier alpha value is -2.18. The second-order valence-electron chi connectivity index (χ2n) is 6.24. The van der Waals surface area contributed by atoms with Gasteiger partial charge in [0.1, 0.15) is 11.6 Å². The molecule has 0 aromatic heterocycles. The molecule has 7 heteroatoms. The molecule has 2 N–H and O–H groups in total. The molecule has 1 aliphatic heterocycles. The Morgan fingerprint density at radius 2 is 1.88 bits per heavy atom. The third kappa shape index (κ3) is 4.51. The molecule has 1 aliphatic rings. The first-order chi connectivity index (χ1) is 12.5. The first kappa shape index (κ1) is 18.6. The summed E-state index contributed by atoms with van der Waals surface area (Å²) in [6.45, 7) is 2.20. The summed E-state index contributed by atoms with van der Waals surface area (Å²) in [6.07, 6.45) is 2.21. The van der Waals surface area contributed by atoms with Crippen molar-refractivity contribution in [2.45, 2.75) is 18.9 Å². The van der Waals surface area contributed by atoms with Crippen LogP contribution in [0.5, 0.6) is 0 Å². The van der Waals surface area contributed by atoms with Gasteiger partial charge >= 0.3 is 6.03 Å². The summed E-state index contributed by atoms with van der Waals surface area (Å²) in [5.74, 6) is -1.51. The number of nitrogens with one attached hydrogen (secondary N) is 2. The molecule has 2 aromatic rings. The van der Waals surface area contributed by atoms with Crippen molar-refractivity contribution >= 4 is 23.3 Å². The molecule has 0 spiro atoms. The molecule has 2 amide bonds. The van der Waals surface area contributed by atoms with Gasteiger partial charge in [-0.1, -0.05) is 29.8 Å². The Morgan fingerprint density at radius 3 is 2.58 bits per heavy atom. The van der Waals surface area contributed by atoms with Crippen molar-refractivity contribution in [3.63, 3.8) is 0 Å². The van der Waals surface area contributed by atoms with Crippen molar-refractivity contribution in [3.8, 4) is 0 Å². The van der Waals surface area contributed by atoms with Gasteiger partial charge in [-0.2, -0.15) is 0 Å². The highest BCUT2D eigenvalue weighted by molar-refractivity contribution is 6.31. The van der Waals surface area contributed by atoms with Crippen LogP contribution in [0.1, 0.15) is 24.4 Å². The fourth-order valence-electron chi connectivity index (χ4n) is 3.18. The molecule has 1 unspecified atom stereocenters. The zero-order valence-electron chi connectivity index (χ0n) is 14.1. The van der Waals surface area contributed by atoms with E-state index in [-0.39, 0.29) is 11.7 Å². The third-order valence-electron chi connectivity index (χ3n) is 4.48. The van der Waals surface area contributed by atoms with Crippen molar-refractivity contribution in [1.29, 1.82) is 0 Å². The van der Waals surface area contributed by atoms with Crippen LogP contribution in [0.2, 0.25) is 5.02 Å². The minimum atomic E-state index is -0.817. The van der Waals surface area contributed by atoms with E-state index in [4.69, 9.17) is 11.6 Å². The Bertz CT molecular complexity index is 781.